The maximum absolute atomic E-state index is 11.9. The van der Waals surface area contributed by atoms with Crippen LogP contribution in [0, 0.1) is 5.92 Å². The zero-order valence-electron chi connectivity index (χ0n) is 10.4. The van der Waals surface area contributed by atoms with E-state index < -0.39 is 10.0 Å². The van der Waals surface area contributed by atoms with Gasteiger partial charge >= 0.3 is 0 Å². The molecule has 1 aromatic carbocycles. The van der Waals surface area contributed by atoms with Gasteiger partial charge < -0.3 is 11.1 Å². The minimum atomic E-state index is -3.42. The fourth-order valence-corrected chi connectivity index (χ4v) is 2.77. The van der Waals surface area contributed by atoms with Gasteiger partial charge in [0.25, 0.3) is 0 Å². The highest BCUT2D eigenvalue weighted by Gasteiger charge is 2.21. The lowest BCUT2D eigenvalue weighted by molar-refractivity contribution is 0.584. The van der Waals surface area contributed by atoms with Gasteiger partial charge in [0, 0.05) is 13.1 Å². The lowest BCUT2D eigenvalue weighted by Crippen LogP contribution is -2.23. The Balaban J connectivity index is 2.19. The highest BCUT2D eigenvalue weighted by atomic mass is 32.2. The molecule has 6 heteroatoms. The standard InChI is InChI=1S/C12H19N3O2S/c1-2-15-18(16,17)10-5-6-11(13)12(7-10)14-8-9-3-4-9/h5-7,9,14-15H,2-4,8,13H2,1H3. The summed E-state index contributed by atoms with van der Waals surface area (Å²) in [5.74, 6) is 0.707. The summed E-state index contributed by atoms with van der Waals surface area (Å²) >= 11 is 0. The second-order valence-electron chi connectivity index (χ2n) is 4.57. The SMILES string of the molecule is CCNS(=O)(=O)c1ccc(N)c(NCC2CC2)c1. The van der Waals surface area contributed by atoms with Gasteiger partial charge in [-0.1, -0.05) is 6.92 Å². The van der Waals surface area contributed by atoms with Gasteiger partial charge in [0.1, 0.15) is 0 Å². The lowest BCUT2D eigenvalue weighted by atomic mass is 10.2. The zero-order valence-corrected chi connectivity index (χ0v) is 11.3. The molecule has 0 amide bonds. The second kappa shape index (κ2) is 5.16. The number of hydrogen-bond acceptors (Lipinski definition) is 4. The van der Waals surface area contributed by atoms with Crippen molar-refractivity contribution in [1.82, 2.24) is 4.72 Å². The number of anilines is 2. The third kappa shape index (κ3) is 3.14. The van der Waals surface area contributed by atoms with Gasteiger partial charge in [-0.25, -0.2) is 13.1 Å². The maximum atomic E-state index is 11.9. The topological polar surface area (TPSA) is 84.2 Å². The summed E-state index contributed by atoms with van der Waals surface area (Å²) in [6.07, 6.45) is 2.48. The molecule has 4 N–H and O–H groups in total. The molecule has 0 heterocycles. The predicted molar refractivity (Wildman–Crippen MR) is 72.9 cm³/mol. The van der Waals surface area contributed by atoms with Crippen molar-refractivity contribution in [3.63, 3.8) is 0 Å². The number of benzene rings is 1. The molecule has 0 spiro atoms. The van der Waals surface area contributed by atoms with Crippen molar-refractivity contribution in [2.24, 2.45) is 5.92 Å². The van der Waals surface area contributed by atoms with Gasteiger partial charge in [-0.3, -0.25) is 0 Å². The normalized spacial score (nSPS) is 15.6. The Hall–Kier alpha value is -1.27. The molecule has 100 valence electrons. The van der Waals surface area contributed by atoms with Crippen LogP contribution in [0.4, 0.5) is 11.4 Å². The number of nitrogens with one attached hydrogen (secondary N) is 2. The van der Waals surface area contributed by atoms with Gasteiger partial charge in [0.15, 0.2) is 0 Å². The van der Waals surface area contributed by atoms with Crippen LogP contribution in [0.5, 0.6) is 0 Å². The number of hydrogen-bond donors (Lipinski definition) is 3. The van der Waals surface area contributed by atoms with Crippen LogP contribution in [-0.4, -0.2) is 21.5 Å². The molecule has 0 bridgehead atoms. The fourth-order valence-electron chi connectivity index (χ4n) is 1.71. The molecule has 0 aromatic heterocycles. The molecule has 0 saturated heterocycles. The van der Waals surface area contributed by atoms with E-state index in [4.69, 9.17) is 5.73 Å². The van der Waals surface area contributed by atoms with Crippen molar-refractivity contribution in [2.45, 2.75) is 24.7 Å². The molecule has 0 radical (unpaired) electrons. The molecule has 2 rings (SSSR count). The van der Waals surface area contributed by atoms with Crippen molar-refractivity contribution >= 4 is 21.4 Å². The van der Waals surface area contributed by atoms with Crippen LogP contribution in [0.15, 0.2) is 23.1 Å². The Labute approximate surface area is 108 Å². The number of nitrogen functional groups attached to an aromatic ring is 1. The van der Waals surface area contributed by atoms with Crippen LogP contribution in [0.1, 0.15) is 19.8 Å². The largest absolute Gasteiger partial charge is 0.397 e. The first-order chi connectivity index (χ1) is 8.53. The molecule has 0 aliphatic heterocycles. The highest BCUT2D eigenvalue weighted by molar-refractivity contribution is 7.89. The molecular weight excluding hydrogens is 250 g/mol. The van der Waals surface area contributed by atoms with E-state index in [0.29, 0.717) is 23.8 Å². The quantitative estimate of drug-likeness (QED) is 0.681. The molecule has 0 atom stereocenters. The average molecular weight is 269 g/mol. The third-order valence-corrected chi connectivity index (χ3v) is 4.49. The first-order valence-corrected chi connectivity index (χ1v) is 7.64. The number of sulfonamides is 1. The zero-order chi connectivity index (χ0) is 13.2. The van der Waals surface area contributed by atoms with E-state index in [1.807, 2.05) is 0 Å². The third-order valence-electron chi connectivity index (χ3n) is 2.95. The van der Waals surface area contributed by atoms with Crippen LogP contribution in [0.2, 0.25) is 0 Å². The number of rotatable bonds is 6. The van der Waals surface area contributed by atoms with Gasteiger partial charge in [-0.15, -0.1) is 0 Å². The molecule has 1 fully saturated rings. The molecule has 5 nitrogen and oxygen atoms in total. The first-order valence-electron chi connectivity index (χ1n) is 6.16. The van der Waals surface area contributed by atoms with Crippen molar-refractivity contribution in [3.05, 3.63) is 18.2 Å². The van der Waals surface area contributed by atoms with Crippen LogP contribution in [0.25, 0.3) is 0 Å². The van der Waals surface area contributed by atoms with Crippen molar-refractivity contribution in [2.75, 3.05) is 24.1 Å². The molecule has 0 unspecified atom stereocenters. The summed E-state index contributed by atoms with van der Waals surface area (Å²) in [5, 5.41) is 3.21. The van der Waals surface area contributed by atoms with Gasteiger partial charge in [-0.05, 0) is 37.0 Å². The van der Waals surface area contributed by atoms with Crippen LogP contribution in [-0.2, 0) is 10.0 Å². The molecule has 1 aliphatic rings. The minimum absolute atomic E-state index is 0.247. The molecule has 1 saturated carbocycles. The van der Waals surface area contributed by atoms with E-state index in [1.165, 1.54) is 18.9 Å². The lowest BCUT2D eigenvalue weighted by Gasteiger charge is -2.11. The van der Waals surface area contributed by atoms with E-state index >= 15 is 0 Å². The average Bonchev–Trinajstić information content (AvgIpc) is 3.11. The Morgan fingerprint density at radius 3 is 2.72 bits per heavy atom. The smallest absolute Gasteiger partial charge is 0.240 e. The van der Waals surface area contributed by atoms with Crippen molar-refractivity contribution in [3.8, 4) is 0 Å². The van der Waals surface area contributed by atoms with Crippen LogP contribution >= 0.6 is 0 Å². The van der Waals surface area contributed by atoms with Crippen LogP contribution in [0.3, 0.4) is 0 Å². The Morgan fingerprint density at radius 2 is 2.11 bits per heavy atom. The molecular formula is C12H19N3O2S. The van der Waals surface area contributed by atoms with Crippen LogP contribution < -0.4 is 15.8 Å². The van der Waals surface area contributed by atoms with Gasteiger partial charge in [0.2, 0.25) is 10.0 Å². The van der Waals surface area contributed by atoms with E-state index in [2.05, 4.69) is 10.0 Å². The first kappa shape index (κ1) is 13.2. The Morgan fingerprint density at radius 1 is 1.39 bits per heavy atom. The fraction of sp³-hybridized carbons (Fsp3) is 0.500. The minimum Gasteiger partial charge on any atom is -0.397 e. The summed E-state index contributed by atoms with van der Waals surface area (Å²) in [4.78, 5) is 0.247. The predicted octanol–water partition coefficient (Wildman–Crippen LogP) is 1.39. The Bertz CT molecular complexity index is 524. The summed E-state index contributed by atoms with van der Waals surface area (Å²) in [6.45, 7) is 2.98. The Kier molecular flexibility index (Phi) is 3.77. The van der Waals surface area contributed by atoms with E-state index in [0.717, 1.165) is 6.54 Å². The number of nitrogens with two attached hydrogens (primary N) is 1. The van der Waals surface area contributed by atoms with Gasteiger partial charge in [-0.2, -0.15) is 0 Å². The van der Waals surface area contributed by atoms with E-state index in [-0.39, 0.29) is 4.90 Å². The molecule has 1 aromatic rings. The summed E-state index contributed by atoms with van der Waals surface area (Å²) in [7, 11) is -3.42. The summed E-state index contributed by atoms with van der Waals surface area (Å²) in [6, 6.07) is 4.74. The second-order valence-corrected chi connectivity index (χ2v) is 6.34. The highest BCUT2D eigenvalue weighted by Crippen LogP contribution is 2.30. The summed E-state index contributed by atoms with van der Waals surface area (Å²) < 4.78 is 26.2. The van der Waals surface area contributed by atoms with Crippen molar-refractivity contribution < 1.29 is 8.42 Å². The monoisotopic (exact) mass is 269 g/mol. The summed E-state index contributed by atoms with van der Waals surface area (Å²) in [5.41, 5.74) is 7.11. The van der Waals surface area contributed by atoms with Crippen molar-refractivity contribution in [1.29, 1.82) is 0 Å². The van der Waals surface area contributed by atoms with E-state index in [9.17, 15) is 8.42 Å². The maximum Gasteiger partial charge on any atom is 0.240 e. The van der Waals surface area contributed by atoms with E-state index in [1.54, 1.807) is 19.1 Å². The van der Waals surface area contributed by atoms with Gasteiger partial charge in [0.05, 0.1) is 16.3 Å². The molecule has 18 heavy (non-hydrogen) atoms. The molecule has 1 aliphatic carbocycles.